The zero-order chi connectivity index (χ0) is 12.0. The Labute approximate surface area is 104 Å². The van der Waals surface area contributed by atoms with E-state index in [1.165, 1.54) is 0 Å². The van der Waals surface area contributed by atoms with Crippen LogP contribution < -0.4 is 5.32 Å². The van der Waals surface area contributed by atoms with Gasteiger partial charge in [0.25, 0.3) is 0 Å². The highest BCUT2D eigenvalue weighted by molar-refractivity contribution is 9.10. The number of nitrogens with zero attached hydrogens (tertiary/aromatic N) is 1. The first-order chi connectivity index (χ1) is 7.69. The second kappa shape index (κ2) is 6.64. The van der Waals surface area contributed by atoms with Crippen LogP contribution in [0.25, 0.3) is 0 Å². The molecule has 0 saturated heterocycles. The Balaban J connectivity index is 2.72. The zero-order valence-corrected chi connectivity index (χ0v) is 10.8. The minimum atomic E-state index is -0.316. The van der Waals surface area contributed by atoms with Crippen LogP contribution in [-0.4, -0.2) is 18.3 Å². The highest BCUT2D eigenvalue weighted by Gasteiger charge is 2.10. The Morgan fingerprint density at radius 1 is 1.56 bits per heavy atom. The Bertz CT molecular complexity index is 387. The summed E-state index contributed by atoms with van der Waals surface area (Å²) in [5.41, 5.74) is 2.09. The second-order valence-electron chi connectivity index (χ2n) is 3.60. The molecule has 16 heavy (non-hydrogen) atoms. The summed E-state index contributed by atoms with van der Waals surface area (Å²) in [6, 6.07) is 7.78. The van der Waals surface area contributed by atoms with Crippen molar-refractivity contribution in [2.75, 3.05) is 13.2 Å². The normalized spacial score (nSPS) is 12.1. The van der Waals surface area contributed by atoms with Crippen molar-refractivity contribution in [1.29, 1.82) is 5.26 Å². The van der Waals surface area contributed by atoms with Crippen LogP contribution in [0, 0.1) is 18.3 Å². The first kappa shape index (κ1) is 13.2. The van der Waals surface area contributed by atoms with Gasteiger partial charge in [0.2, 0.25) is 0 Å². The number of rotatable bonds is 5. The number of hydrogen-bond donors (Lipinski definition) is 2. The van der Waals surface area contributed by atoms with Gasteiger partial charge in [-0.15, -0.1) is 0 Å². The lowest BCUT2D eigenvalue weighted by Gasteiger charge is -2.12. The van der Waals surface area contributed by atoms with Crippen LogP contribution in [-0.2, 0) is 0 Å². The Morgan fingerprint density at radius 3 is 2.88 bits per heavy atom. The van der Waals surface area contributed by atoms with Crippen LogP contribution in [0.1, 0.15) is 23.6 Å². The molecule has 0 saturated carbocycles. The summed E-state index contributed by atoms with van der Waals surface area (Å²) >= 11 is 3.45. The number of nitriles is 1. The molecule has 0 spiro atoms. The van der Waals surface area contributed by atoms with E-state index in [0.717, 1.165) is 15.6 Å². The van der Waals surface area contributed by atoms with E-state index in [1.54, 1.807) is 0 Å². The van der Waals surface area contributed by atoms with Gasteiger partial charge in [-0.25, -0.2) is 0 Å². The van der Waals surface area contributed by atoms with E-state index in [0.29, 0.717) is 13.0 Å². The van der Waals surface area contributed by atoms with Gasteiger partial charge in [-0.05, 0) is 37.1 Å². The van der Waals surface area contributed by atoms with Gasteiger partial charge in [-0.2, -0.15) is 5.26 Å². The lowest BCUT2D eigenvalue weighted by Crippen LogP contribution is -2.21. The number of hydrogen-bond acceptors (Lipinski definition) is 3. The highest BCUT2D eigenvalue weighted by Crippen LogP contribution is 2.21. The quantitative estimate of drug-likeness (QED) is 0.815. The molecule has 4 heteroatoms. The van der Waals surface area contributed by atoms with Crippen molar-refractivity contribution in [1.82, 2.24) is 5.32 Å². The van der Waals surface area contributed by atoms with Gasteiger partial charge in [0.1, 0.15) is 6.04 Å². The zero-order valence-electron chi connectivity index (χ0n) is 9.20. The molecule has 0 aromatic heterocycles. The van der Waals surface area contributed by atoms with Crippen molar-refractivity contribution in [2.45, 2.75) is 19.4 Å². The standard InChI is InChI=1S/C12H15BrN2O/c1-9-3-4-10(7-11(9)13)12(8-14)15-5-2-6-16/h3-4,7,12,15-16H,2,5-6H2,1H3. The van der Waals surface area contributed by atoms with Gasteiger partial charge in [-0.3, -0.25) is 5.32 Å². The number of aliphatic hydroxyl groups is 1. The molecule has 0 fully saturated rings. The van der Waals surface area contributed by atoms with Gasteiger partial charge in [-0.1, -0.05) is 28.1 Å². The van der Waals surface area contributed by atoms with Gasteiger partial charge in [0, 0.05) is 11.1 Å². The lowest BCUT2D eigenvalue weighted by molar-refractivity contribution is 0.285. The third-order valence-electron chi connectivity index (χ3n) is 2.34. The van der Waals surface area contributed by atoms with E-state index in [2.05, 4.69) is 27.3 Å². The predicted octanol–water partition coefficient (Wildman–Crippen LogP) is 2.29. The molecule has 0 aliphatic heterocycles. The van der Waals surface area contributed by atoms with Crippen LogP contribution in [0.3, 0.4) is 0 Å². The number of aryl methyl sites for hydroxylation is 1. The maximum Gasteiger partial charge on any atom is 0.121 e. The molecule has 1 aromatic rings. The summed E-state index contributed by atoms with van der Waals surface area (Å²) in [6.07, 6.45) is 0.658. The number of halogens is 1. The number of benzene rings is 1. The van der Waals surface area contributed by atoms with Crippen LogP contribution in [0.4, 0.5) is 0 Å². The average molecular weight is 283 g/mol. The molecule has 3 nitrogen and oxygen atoms in total. The number of nitrogens with one attached hydrogen (secondary N) is 1. The Hall–Kier alpha value is -0.890. The minimum Gasteiger partial charge on any atom is -0.396 e. The summed E-state index contributed by atoms with van der Waals surface area (Å²) in [7, 11) is 0. The molecule has 0 radical (unpaired) electrons. The van der Waals surface area contributed by atoms with Gasteiger partial charge in [0.15, 0.2) is 0 Å². The fraction of sp³-hybridized carbons (Fsp3) is 0.417. The third-order valence-corrected chi connectivity index (χ3v) is 3.20. The molecular formula is C12H15BrN2O. The second-order valence-corrected chi connectivity index (χ2v) is 4.46. The molecule has 2 N–H and O–H groups in total. The topological polar surface area (TPSA) is 56.0 Å². The SMILES string of the molecule is Cc1ccc(C(C#N)NCCCO)cc1Br. The maximum atomic E-state index is 9.05. The summed E-state index contributed by atoms with van der Waals surface area (Å²) in [5, 5.41) is 20.8. The highest BCUT2D eigenvalue weighted by atomic mass is 79.9. The lowest BCUT2D eigenvalue weighted by atomic mass is 10.1. The average Bonchev–Trinajstić information content (AvgIpc) is 2.29. The molecular weight excluding hydrogens is 268 g/mol. The molecule has 0 aliphatic carbocycles. The van der Waals surface area contributed by atoms with E-state index in [4.69, 9.17) is 10.4 Å². The summed E-state index contributed by atoms with van der Waals surface area (Å²) in [5.74, 6) is 0. The van der Waals surface area contributed by atoms with Crippen molar-refractivity contribution in [2.24, 2.45) is 0 Å². The summed E-state index contributed by atoms with van der Waals surface area (Å²) < 4.78 is 1.01. The van der Waals surface area contributed by atoms with Crippen LogP contribution in [0.5, 0.6) is 0 Å². The molecule has 0 heterocycles. The van der Waals surface area contributed by atoms with E-state index in [1.807, 2.05) is 25.1 Å². The van der Waals surface area contributed by atoms with Crippen LogP contribution in [0.2, 0.25) is 0 Å². The van der Waals surface area contributed by atoms with Crippen molar-refractivity contribution < 1.29 is 5.11 Å². The van der Waals surface area contributed by atoms with E-state index in [9.17, 15) is 0 Å². The van der Waals surface area contributed by atoms with Crippen LogP contribution >= 0.6 is 15.9 Å². The molecule has 1 rings (SSSR count). The molecule has 1 unspecified atom stereocenters. The van der Waals surface area contributed by atoms with Crippen LogP contribution in [0.15, 0.2) is 22.7 Å². The van der Waals surface area contributed by atoms with Gasteiger partial charge in [0.05, 0.1) is 6.07 Å². The van der Waals surface area contributed by atoms with E-state index < -0.39 is 0 Å². The number of aliphatic hydroxyl groups excluding tert-OH is 1. The predicted molar refractivity (Wildman–Crippen MR) is 66.9 cm³/mol. The first-order valence-electron chi connectivity index (χ1n) is 5.19. The van der Waals surface area contributed by atoms with E-state index >= 15 is 0 Å². The molecule has 1 atom stereocenters. The van der Waals surface area contributed by atoms with Crippen molar-refractivity contribution in [3.8, 4) is 6.07 Å². The smallest absolute Gasteiger partial charge is 0.121 e. The Kier molecular flexibility index (Phi) is 5.47. The van der Waals surface area contributed by atoms with E-state index in [-0.39, 0.29) is 12.6 Å². The van der Waals surface area contributed by atoms with Crippen molar-refractivity contribution in [3.05, 3.63) is 33.8 Å². The first-order valence-corrected chi connectivity index (χ1v) is 5.98. The summed E-state index contributed by atoms with van der Waals surface area (Å²) in [4.78, 5) is 0. The summed E-state index contributed by atoms with van der Waals surface area (Å²) in [6.45, 7) is 2.79. The monoisotopic (exact) mass is 282 g/mol. The molecule has 0 bridgehead atoms. The molecule has 0 aliphatic rings. The van der Waals surface area contributed by atoms with Gasteiger partial charge >= 0.3 is 0 Å². The minimum absolute atomic E-state index is 0.142. The largest absolute Gasteiger partial charge is 0.396 e. The molecule has 0 amide bonds. The Morgan fingerprint density at radius 2 is 2.31 bits per heavy atom. The third kappa shape index (κ3) is 3.60. The molecule has 86 valence electrons. The van der Waals surface area contributed by atoms with Crippen molar-refractivity contribution >= 4 is 15.9 Å². The fourth-order valence-electron chi connectivity index (χ4n) is 1.35. The maximum absolute atomic E-state index is 9.05. The molecule has 1 aromatic carbocycles. The fourth-order valence-corrected chi connectivity index (χ4v) is 1.75. The van der Waals surface area contributed by atoms with Crippen molar-refractivity contribution in [3.63, 3.8) is 0 Å². The van der Waals surface area contributed by atoms with Gasteiger partial charge < -0.3 is 5.11 Å².